The molecule has 1 saturated carbocycles. The van der Waals surface area contributed by atoms with E-state index >= 15 is 0 Å². The van der Waals surface area contributed by atoms with Crippen LogP contribution in [0.1, 0.15) is 44.8 Å². The van der Waals surface area contributed by atoms with E-state index in [1.165, 1.54) is 31.5 Å². The SMILES string of the molecule is CC(c1ccccn1)N1CCCNC(C)(C2CC2)C1. The summed E-state index contributed by atoms with van der Waals surface area (Å²) in [4.78, 5) is 7.14. The van der Waals surface area contributed by atoms with Crippen molar-refractivity contribution < 1.29 is 0 Å². The molecule has 2 fully saturated rings. The third-order valence-corrected chi connectivity index (χ3v) is 4.82. The van der Waals surface area contributed by atoms with Crippen molar-refractivity contribution >= 4 is 0 Å². The fraction of sp³-hybridized carbons (Fsp3) is 0.688. The monoisotopic (exact) mass is 259 g/mol. The topological polar surface area (TPSA) is 28.2 Å². The smallest absolute Gasteiger partial charge is 0.0572 e. The summed E-state index contributed by atoms with van der Waals surface area (Å²) in [7, 11) is 0. The molecule has 3 nitrogen and oxygen atoms in total. The Labute approximate surface area is 116 Å². The number of nitrogens with one attached hydrogen (secondary N) is 1. The van der Waals surface area contributed by atoms with Gasteiger partial charge in [-0.2, -0.15) is 0 Å². The summed E-state index contributed by atoms with van der Waals surface area (Å²) >= 11 is 0. The summed E-state index contributed by atoms with van der Waals surface area (Å²) in [6, 6.07) is 6.65. The Bertz CT molecular complexity index is 415. The molecule has 0 radical (unpaired) electrons. The van der Waals surface area contributed by atoms with Crippen molar-refractivity contribution in [2.45, 2.75) is 44.7 Å². The third-order valence-electron chi connectivity index (χ3n) is 4.82. The fourth-order valence-electron chi connectivity index (χ4n) is 3.35. The Morgan fingerprint density at radius 3 is 2.95 bits per heavy atom. The highest BCUT2D eigenvalue weighted by molar-refractivity contribution is 5.10. The van der Waals surface area contributed by atoms with Crippen LogP contribution < -0.4 is 5.32 Å². The molecule has 1 aromatic heterocycles. The second kappa shape index (κ2) is 5.22. The molecule has 1 aliphatic carbocycles. The van der Waals surface area contributed by atoms with Gasteiger partial charge in [0.05, 0.1) is 5.69 Å². The predicted octanol–water partition coefficient (Wildman–Crippen LogP) is 2.61. The van der Waals surface area contributed by atoms with Gasteiger partial charge in [-0.25, -0.2) is 0 Å². The van der Waals surface area contributed by atoms with E-state index in [0.29, 0.717) is 11.6 Å². The Morgan fingerprint density at radius 1 is 1.42 bits per heavy atom. The number of pyridine rings is 1. The molecular weight excluding hydrogens is 234 g/mol. The quantitative estimate of drug-likeness (QED) is 0.904. The number of aromatic nitrogens is 1. The van der Waals surface area contributed by atoms with Crippen LogP contribution in [0.3, 0.4) is 0 Å². The minimum absolute atomic E-state index is 0.305. The lowest BCUT2D eigenvalue weighted by molar-refractivity contribution is 0.157. The average Bonchev–Trinajstić information content (AvgIpc) is 3.26. The van der Waals surface area contributed by atoms with Crippen LogP contribution in [0, 0.1) is 5.92 Å². The number of hydrogen-bond acceptors (Lipinski definition) is 3. The second-order valence-electron chi connectivity index (χ2n) is 6.37. The summed E-state index contributed by atoms with van der Waals surface area (Å²) in [5.41, 5.74) is 1.50. The molecule has 1 saturated heterocycles. The molecule has 1 aromatic rings. The van der Waals surface area contributed by atoms with Crippen molar-refractivity contribution in [3.8, 4) is 0 Å². The predicted molar refractivity (Wildman–Crippen MR) is 78.0 cm³/mol. The van der Waals surface area contributed by atoms with Crippen molar-refractivity contribution in [3.05, 3.63) is 30.1 Å². The van der Waals surface area contributed by atoms with Crippen LogP contribution in [0.25, 0.3) is 0 Å². The van der Waals surface area contributed by atoms with Crippen LogP contribution in [-0.4, -0.2) is 35.1 Å². The number of rotatable bonds is 3. The van der Waals surface area contributed by atoms with Crippen LogP contribution in [0.4, 0.5) is 0 Å². The molecule has 3 rings (SSSR count). The lowest BCUT2D eigenvalue weighted by Crippen LogP contribution is -2.51. The largest absolute Gasteiger partial charge is 0.310 e. The van der Waals surface area contributed by atoms with Gasteiger partial charge in [-0.05, 0) is 57.7 Å². The Kier molecular flexibility index (Phi) is 3.59. The summed E-state index contributed by atoms with van der Waals surface area (Å²) in [6.45, 7) is 8.18. The van der Waals surface area contributed by atoms with Gasteiger partial charge >= 0.3 is 0 Å². The zero-order chi connectivity index (χ0) is 13.3. The molecule has 0 aromatic carbocycles. The first-order valence-electron chi connectivity index (χ1n) is 7.59. The van der Waals surface area contributed by atoms with Crippen LogP contribution in [0.2, 0.25) is 0 Å². The van der Waals surface area contributed by atoms with Gasteiger partial charge in [-0.1, -0.05) is 6.07 Å². The maximum absolute atomic E-state index is 4.53. The van der Waals surface area contributed by atoms with Gasteiger partial charge in [0.15, 0.2) is 0 Å². The van der Waals surface area contributed by atoms with E-state index in [1.807, 2.05) is 12.3 Å². The minimum atomic E-state index is 0.305. The van der Waals surface area contributed by atoms with E-state index in [0.717, 1.165) is 19.0 Å². The standard InChI is InChI=1S/C16H25N3/c1-13(15-6-3-4-9-17-15)19-11-5-10-18-16(2,12-19)14-7-8-14/h3-4,6,9,13-14,18H,5,7-8,10-12H2,1-2H3. The summed E-state index contributed by atoms with van der Waals surface area (Å²) in [5.74, 6) is 0.879. The highest BCUT2D eigenvalue weighted by Crippen LogP contribution is 2.41. The fourth-order valence-corrected chi connectivity index (χ4v) is 3.35. The summed E-state index contributed by atoms with van der Waals surface area (Å²) < 4.78 is 0. The van der Waals surface area contributed by atoms with Crippen molar-refractivity contribution in [2.75, 3.05) is 19.6 Å². The van der Waals surface area contributed by atoms with Gasteiger partial charge in [0.25, 0.3) is 0 Å². The molecule has 1 N–H and O–H groups in total. The van der Waals surface area contributed by atoms with Gasteiger partial charge in [0.1, 0.15) is 0 Å². The third kappa shape index (κ3) is 2.82. The molecule has 0 amide bonds. The van der Waals surface area contributed by atoms with Gasteiger partial charge in [-0.3, -0.25) is 9.88 Å². The lowest BCUT2D eigenvalue weighted by Gasteiger charge is -2.36. The van der Waals surface area contributed by atoms with Crippen LogP contribution in [0.5, 0.6) is 0 Å². The van der Waals surface area contributed by atoms with E-state index in [1.54, 1.807) is 0 Å². The van der Waals surface area contributed by atoms with E-state index in [2.05, 4.69) is 41.2 Å². The van der Waals surface area contributed by atoms with Crippen molar-refractivity contribution in [1.82, 2.24) is 15.2 Å². The van der Waals surface area contributed by atoms with Gasteiger partial charge in [0, 0.05) is 30.9 Å². The number of nitrogens with zero attached hydrogens (tertiary/aromatic N) is 2. The highest BCUT2D eigenvalue weighted by atomic mass is 15.2. The molecule has 2 atom stereocenters. The Morgan fingerprint density at radius 2 is 2.26 bits per heavy atom. The van der Waals surface area contributed by atoms with E-state index in [4.69, 9.17) is 0 Å². The molecule has 2 heterocycles. The van der Waals surface area contributed by atoms with Crippen molar-refractivity contribution in [1.29, 1.82) is 0 Å². The molecule has 1 aliphatic heterocycles. The molecule has 0 bridgehead atoms. The lowest BCUT2D eigenvalue weighted by atomic mass is 9.94. The first-order chi connectivity index (χ1) is 9.19. The first-order valence-corrected chi connectivity index (χ1v) is 7.59. The van der Waals surface area contributed by atoms with Gasteiger partial charge in [-0.15, -0.1) is 0 Å². The summed E-state index contributed by atoms with van der Waals surface area (Å²) in [6.07, 6.45) is 5.94. The Balaban J connectivity index is 1.75. The average molecular weight is 259 g/mol. The normalized spacial score (nSPS) is 30.8. The molecule has 3 heteroatoms. The highest BCUT2D eigenvalue weighted by Gasteiger charge is 2.43. The van der Waals surface area contributed by atoms with Crippen molar-refractivity contribution in [3.63, 3.8) is 0 Å². The van der Waals surface area contributed by atoms with E-state index < -0.39 is 0 Å². The molecular formula is C16H25N3. The second-order valence-corrected chi connectivity index (χ2v) is 6.37. The maximum Gasteiger partial charge on any atom is 0.0572 e. The first kappa shape index (κ1) is 13.1. The number of hydrogen-bond donors (Lipinski definition) is 1. The van der Waals surface area contributed by atoms with Gasteiger partial charge in [0.2, 0.25) is 0 Å². The van der Waals surface area contributed by atoms with Gasteiger partial charge < -0.3 is 5.32 Å². The Hall–Kier alpha value is -0.930. The molecule has 2 unspecified atom stereocenters. The molecule has 104 valence electrons. The molecule has 2 aliphatic rings. The zero-order valence-corrected chi connectivity index (χ0v) is 12.1. The zero-order valence-electron chi connectivity index (χ0n) is 12.1. The minimum Gasteiger partial charge on any atom is -0.310 e. The molecule has 0 spiro atoms. The van der Waals surface area contributed by atoms with Crippen LogP contribution in [0.15, 0.2) is 24.4 Å². The van der Waals surface area contributed by atoms with E-state index in [-0.39, 0.29) is 0 Å². The van der Waals surface area contributed by atoms with Crippen molar-refractivity contribution in [2.24, 2.45) is 5.92 Å². The maximum atomic E-state index is 4.53. The molecule has 19 heavy (non-hydrogen) atoms. The summed E-state index contributed by atoms with van der Waals surface area (Å²) in [5, 5.41) is 3.79. The van der Waals surface area contributed by atoms with E-state index in [9.17, 15) is 0 Å². The van der Waals surface area contributed by atoms with Crippen LogP contribution >= 0.6 is 0 Å². The van der Waals surface area contributed by atoms with Crippen LogP contribution in [-0.2, 0) is 0 Å².